The van der Waals surface area contributed by atoms with Crippen molar-refractivity contribution in [2.24, 2.45) is 0 Å². The van der Waals surface area contributed by atoms with E-state index in [-0.39, 0.29) is 11.3 Å². The third-order valence-corrected chi connectivity index (χ3v) is 5.99. The molecule has 0 radical (unpaired) electrons. The van der Waals surface area contributed by atoms with E-state index in [1.807, 2.05) is 25.9 Å². The van der Waals surface area contributed by atoms with Crippen LogP contribution in [-0.2, 0) is 9.59 Å². The van der Waals surface area contributed by atoms with Gasteiger partial charge in [0, 0.05) is 18.7 Å². The van der Waals surface area contributed by atoms with Gasteiger partial charge in [0.1, 0.15) is 11.5 Å². The zero-order valence-corrected chi connectivity index (χ0v) is 19.3. The number of carbonyl (C=O) groups excluding carboxylic acids is 2. The second-order valence-corrected chi connectivity index (χ2v) is 8.47. The summed E-state index contributed by atoms with van der Waals surface area (Å²) in [5.74, 6) is -0.984. The number of rotatable bonds is 6. The van der Waals surface area contributed by atoms with Crippen molar-refractivity contribution in [3.63, 3.8) is 0 Å². The number of aliphatic hydroxyl groups excluding tert-OH is 1. The quantitative estimate of drug-likeness (QED) is 0.393. The predicted octanol–water partition coefficient (Wildman–Crippen LogP) is 4.29. The molecule has 1 aliphatic rings. The number of ether oxygens (including phenoxy) is 1. The first-order valence-electron chi connectivity index (χ1n) is 9.68. The van der Waals surface area contributed by atoms with E-state index in [0.29, 0.717) is 40.0 Å². The molecule has 0 unspecified atom stereocenters. The number of hydrogen-bond donors (Lipinski definition) is 1. The van der Waals surface area contributed by atoms with E-state index in [1.165, 1.54) is 4.90 Å². The Hall–Kier alpha value is -2.54. The van der Waals surface area contributed by atoms with Crippen LogP contribution in [0.4, 0.5) is 0 Å². The summed E-state index contributed by atoms with van der Waals surface area (Å²) in [5, 5.41) is 11.8. The van der Waals surface area contributed by atoms with Crippen LogP contribution in [0.1, 0.15) is 22.7 Å². The Morgan fingerprint density at radius 3 is 2.42 bits per heavy atom. The summed E-state index contributed by atoms with van der Waals surface area (Å²) < 4.78 is 5.27. The molecule has 1 fully saturated rings. The fourth-order valence-electron chi connectivity index (χ4n) is 3.63. The van der Waals surface area contributed by atoms with Gasteiger partial charge in [-0.3, -0.25) is 9.59 Å². The molecule has 6 nitrogen and oxygen atoms in total. The van der Waals surface area contributed by atoms with Gasteiger partial charge in [-0.05, 0) is 62.5 Å². The number of methoxy groups -OCH3 is 1. The highest BCUT2D eigenvalue weighted by atomic mass is 35.5. The largest absolute Gasteiger partial charge is 0.507 e. The monoisotopic (exact) mass is 462 g/mol. The molecule has 2 aromatic rings. The van der Waals surface area contributed by atoms with E-state index in [0.717, 1.165) is 5.56 Å². The second-order valence-electron chi connectivity index (χ2n) is 7.65. The van der Waals surface area contributed by atoms with Crippen LogP contribution in [0.5, 0.6) is 5.75 Å². The number of likely N-dealkylation sites (tertiary alicyclic amines) is 1. The van der Waals surface area contributed by atoms with Gasteiger partial charge in [0.05, 0.1) is 28.8 Å². The first-order valence-corrected chi connectivity index (χ1v) is 10.4. The van der Waals surface area contributed by atoms with Crippen molar-refractivity contribution in [3.05, 3.63) is 68.7 Å². The molecular weight excluding hydrogens is 439 g/mol. The number of carbonyl (C=O) groups is 2. The molecular formula is C23H24Cl2N2O4. The van der Waals surface area contributed by atoms with Crippen molar-refractivity contribution in [2.75, 3.05) is 34.3 Å². The van der Waals surface area contributed by atoms with Gasteiger partial charge >= 0.3 is 0 Å². The number of Topliss-reactive ketones (excluding diaryl/α,β-unsaturated/α-hetero) is 1. The van der Waals surface area contributed by atoms with Crippen molar-refractivity contribution < 1.29 is 19.4 Å². The van der Waals surface area contributed by atoms with E-state index >= 15 is 0 Å². The molecule has 0 aromatic heterocycles. The molecule has 2 aromatic carbocycles. The van der Waals surface area contributed by atoms with Crippen LogP contribution in [0.3, 0.4) is 0 Å². The minimum atomic E-state index is -0.780. The number of ketones is 1. The van der Waals surface area contributed by atoms with Crippen molar-refractivity contribution >= 4 is 40.7 Å². The average Bonchev–Trinajstić information content (AvgIpc) is 2.98. The van der Waals surface area contributed by atoms with E-state index in [2.05, 4.69) is 0 Å². The molecule has 8 heteroatoms. The number of nitrogens with zero attached hydrogens (tertiary/aromatic N) is 2. The fourth-order valence-corrected chi connectivity index (χ4v) is 3.94. The maximum absolute atomic E-state index is 13.0. The van der Waals surface area contributed by atoms with Crippen LogP contribution in [-0.4, -0.2) is 60.9 Å². The zero-order chi connectivity index (χ0) is 22.9. The Morgan fingerprint density at radius 2 is 1.84 bits per heavy atom. The highest BCUT2D eigenvalue weighted by Crippen LogP contribution is 2.41. The Labute approximate surface area is 191 Å². The smallest absolute Gasteiger partial charge is 0.295 e. The summed E-state index contributed by atoms with van der Waals surface area (Å²) in [6.07, 6.45) is 0. The summed E-state index contributed by atoms with van der Waals surface area (Å²) >= 11 is 12.3. The van der Waals surface area contributed by atoms with Gasteiger partial charge in [0.2, 0.25) is 0 Å². The summed E-state index contributed by atoms with van der Waals surface area (Å²) in [7, 11) is 5.32. The predicted molar refractivity (Wildman–Crippen MR) is 122 cm³/mol. The first kappa shape index (κ1) is 23.1. The van der Waals surface area contributed by atoms with Crippen molar-refractivity contribution in [1.29, 1.82) is 0 Å². The van der Waals surface area contributed by atoms with E-state index in [9.17, 15) is 14.7 Å². The number of amides is 1. The van der Waals surface area contributed by atoms with Gasteiger partial charge in [0.15, 0.2) is 0 Å². The number of likely N-dealkylation sites (N-methyl/N-ethyl adjacent to an activating group) is 1. The molecule has 31 heavy (non-hydrogen) atoms. The highest BCUT2D eigenvalue weighted by Gasteiger charge is 2.46. The molecule has 1 heterocycles. The standard InChI is InChI=1S/C23H24Cl2N2O4/c1-13-11-15(6-8-18(13)31-4)21(28)19-20(14-5-7-16(24)17(25)12-14)27(10-9-26(2)3)23(30)22(19)29/h5-8,11-12,20,28H,9-10H2,1-4H3/t20-/m1/s1. The number of aliphatic hydroxyl groups is 1. The average molecular weight is 463 g/mol. The summed E-state index contributed by atoms with van der Waals surface area (Å²) in [5.41, 5.74) is 1.83. The van der Waals surface area contributed by atoms with Crippen LogP contribution in [0.25, 0.3) is 5.76 Å². The molecule has 1 N–H and O–H groups in total. The SMILES string of the molecule is COc1ccc(C(O)=C2C(=O)C(=O)N(CCN(C)C)[C@@H]2c2ccc(Cl)c(Cl)c2)cc1C. The summed E-state index contributed by atoms with van der Waals surface area (Å²) in [6.45, 7) is 2.69. The molecule has 0 aliphatic carbocycles. The third-order valence-electron chi connectivity index (χ3n) is 5.26. The van der Waals surface area contributed by atoms with Crippen molar-refractivity contribution in [1.82, 2.24) is 9.80 Å². The van der Waals surface area contributed by atoms with Crippen LogP contribution < -0.4 is 4.74 Å². The first-order chi connectivity index (χ1) is 14.6. The Kier molecular flexibility index (Phi) is 6.94. The minimum absolute atomic E-state index is 0.0201. The van der Waals surface area contributed by atoms with Gasteiger partial charge in [-0.15, -0.1) is 0 Å². The highest BCUT2D eigenvalue weighted by molar-refractivity contribution is 6.46. The number of hydrogen-bond acceptors (Lipinski definition) is 5. The van der Waals surface area contributed by atoms with Gasteiger partial charge in [-0.25, -0.2) is 0 Å². The number of aryl methyl sites for hydroxylation is 1. The van der Waals surface area contributed by atoms with E-state index in [4.69, 9.17) is 27.9 Å². The topological polar surface area (TPSA) is 70.1 Å². The molecule has 1 amide bonds. The lowest BCUT2D eigenvalue weighted by atomic mass is 9.94. The Bertz CT molecular complexity index is 1070. The Morgan fingerprint density at radius 1 is 1.13 bits per heavy atom. The Balaban J connectivity index is 2.18. The third kappa shape index (κ3) is 4.56. The molecule has 164 valence electrons. The van der Waals surface area contributed by atoms with Gasteiger partial charge in [-0.1, -0.05) is 29.3 Å². The maximum Gasteiger partial charge on any atom is 0.295 e. The van der Waals surface area contributed by atoms with Gasteiger partial charge in [0.25, 0.3) is 11.7 Å². The zero-order valence-electron chi connectivity index (χ0n) is 17.8. The molecule has 0 bridgehead atoms. The molecule has 0 spiro atoms. The van der Waals surface area contributed by atoms with Crippen LogP contribution in [0.15, 0.2) is 42.0 Å². The van der Waals surface area contributed by atoms with Crippen molar-refractivity contribution in [3.8, 4) is 5.75 Å². The van der Waals surface area contributed by atoms with Gasteiger partial charge < -0.3 is 19.6 Å². The van der Waals surface area contributed by atoms with Crippen molar-refractivity contribution in [2.45, 2.75) is 13.0 Å². The molecule has 1 atom stereocenters. The van der Waals surface area contributed by atoms with E-state index in [1.54, 1.807) is 43.5 Å². The van der Waals surface area contributed by atoms with Crippen LogP contribution >= 0.6 is 23.2 Å². The lowest BCUT2D eigenvalue weighted by Crippen LogP contribution is -2.35. The number of halogens is 2. The summed E-state index contributed by atoms with van der Waals surface area (Å²) in [4.78, 5) is 29.3. The maximum atomic E-state index is 13.0. The van der Waals surface area contributed by atoms with Crippen LogP contribution in [0, 0.1) is 6.92 Å². The van der Waals surface area contributed by atoms with E-state index < -0.39 is 17.7 Å². The van der Waals surface area contributed by atoms with Gasteiger partial charge in [-0.2, -0.15) is 0 Å². The molecule has 3 rings (SSSR count). The lowest BCUT2D eigenvalue weighted by Gasteiger charge is -2.26. The minimum Gasteiger partial charge on any atom is -0.507 e. The normalized spacial score (nSPS) is 18.2. The lowest BCUT2D eigenvalue weighted by molar-refractivity contribution is -0.140. The molecule has 1 aliphatic heterocycles. The second kappa shape index (κ2) is 9.30. The molecule has 1 saturated heterocycles. The summed E-state index contributed by atoms with van der Waals surface area (Å²) in [6, 6.07) is 9.24. The van der Waals surface area contributed by atoms with Crippen LogP contribution in [0.2, 0.25) is 10.0 Å². The molecule has 0 saturated carbocycles. The fraction of sp³-hybridized carbons (Fsp3) is 0.304. The number of benzene rings is 2.